The normalized spacial score (nSPS) is 20.9. The third-order valence-corrected chi connectivity index (χ3v) is 6.29. The maximum atomic E-state index is 13.1. The summed E-state index contributed by atoms with van der Waals surface area (Å²) < 4.78 is 1.88. The van der Waals surface area contributed by atoms with E-state index in [0.717, 1.165) is 44.0 Å². The number of nitrogens with zero attached hydrogens (tertiary/aromatic N) is 4. The fourth-order valence-electron chi connectivity index (χ4n) is 3.68. The Morgan fingerprint density at radius 1 is 1.22 bits per heavy atom. The van der Waals surface area contributed by atoms with Crippen LogP contribution in [-0.4, -0.2) is 56.9 Å². The Morgan fingerprint density at radius 3 is 2.70 bits per heavy atom. The van der Waals surface area contributed by atoms with Crippen LogP contribution in [0.15, 0.2) is 30.5 Å². The van der Waals surface area contributed by atoms with Gasteiger partial charge in [-0.05, 0) is 38.4 Å². The van der Waals surface area contributed by atoms with Crippen LogP contribution in [0.2, 0.25) is 0 Å². The average molecular weight is 408 g/mol. The number of benzene rings is 1. The summed E-state index contributed by atoms with van der Waals surface area (Å²) >= 11 is 1.90. The first-order valence-corrected chi connectivity index (χ1v) is 10.5. The van der Waals surface area contributed by atoms with E-state index in [4.69, 9.17) is 0 Å². The molecule has 4 rings (SSSR count). The summed E-state index contributed by atoms with van der Waals surface area (Å²) in [5.41, 5.74) is 2.90. The molecule has 0 radical (unpaired) electrons. The second-order valence-electron chi connectivity index (χ2n) is 7.06. The molecule has 0 bridgehead atoms. The van der Waals surface area contributed by atoms with Gasteiger partial charge in [0.1, 0.15) is 0 Å². The van der Waals surface area contributed by atoms with Gasteiger partial charge < -0.3 is 10.2 Å². The highest BCUT2D eigenvalue weighted by Crippen LogP contribution is 2.31. The lowest BCUT2D eigenvalue weighted by molar-refractivity contribution is 0.0695. The highest BCUT2D eigenvalue weighted by atomic mass is 35.5. The molecule has 1 amide bonds. The van der Waals surface area contributed by atoms with Crippen molar-refractivity contribution >= 4 is 30.1 Å². The molecule has 1 aromatic heterocycles. The molecule has 1 aromatic carbocycles. The SMILES string of the molecule is Cc1ccc(C2CSCCN2C(=O)c2cn(C3CCNCC3)nn2)cc1.Cl. The number of nitrogens with one attached hydrogen (secondary N) is 1. The summed E-state index contributed by atoms with van der Waals surface area (Å²) in [4.78, 5) is 15.1. The predicted molar refractivity (Wildman–Crippen MR) is 111 cm³/mol. The minimum Gasteiger partial charge on any atom is -0.328 e. The van der Waals surface area contributed by atoms with Crippen LogP contribution in [-0.2, 0) is 0 Å². The molecule has 0 aliphatic carbocycles. The lowest BCUT2D eigenvalue weighted by atomic mass is 10.0. The van der Waals surface area contributed by atoms with Gasteiger partial charge in [0.2, 0.25) is 0 Å². The van der Waals surface area contributed by atoms with Gasteiger partial charge in [0.25, 0.3) is 5.91 Å². The minimum atomic E-state index is -0.00365. The van der Waals surface area contributed by atoms with Gasteiger partial charge in [-0.1, -0.05) is 35.0 Å². The summed E-state index contributed by atoms with van der Waals surface area (Å²) in [6, 6.07) is 8.95. The molecule has 27 heavy (non-hydrogen) atoms. The van der Waals surface area contributed by atoms with Crippen molar-refractivity contribution in [3.8, 4) is 0 Å². The van der Waals surface area contributed by atoms with Crippen LogP contribution >= 0.6 is 24.2 Å². The van der Waals surface area contributed by atoms with E-state index in [2.05, 4.69) is 46.8 Å². The number of aromatic nitrogens is 3. The van der Waals surface area contributed by atoms with Gasteiger partial charge in [0, 0.05) is 18.1 Å². The van der Waals surface area contributed by atoms with Gasteiger partial charge in [-0.25, -0.2) is 4.68 Å². The molecular formula is C19H26ClN5OS. The largest absolute Gasteiger partial charge is 0.328 e. The first-order chi connectivity index (χ1) is 12.7. The van der Waals surface area contributed by atoms with Gasteiger partial charge in [0.15, 0.2) is 5.69 Å². The van der Waals surface area contributed by atoms with E-state index in [9.17, 15) is 4.79 Å². The second kappa shape index (κ2) is 9.08. The molecule has 1 atom stereocenters. The van der Waals surface area contributed by atoms with Crippen molar-refractivity contribution in [1.29, 1.82) is 0 Å². The molecule has 2 aromatic rings. The summed E-state index contributed by atoms with van der Waals surface area (Å²) in [6.45, 7) is 4.82. The lowest BCUT2D eigenvalue weighted by Gasteiger charge is -2.35. The summed E-state index contributed by atoms with van der Waals surface area (Å²) in [6.07, 6.45) is 3.90. The molecule has 6 nitrogen and oxygen atoms in total. The molecule has 2 fully saturated rings. The van der Waals surface area contributed by atoms with Crippen molar-refractivity contribution in [1.82, 2.24) is 25.2 Å². The zero-order valence-electron chi connectivity index (χ0n) is 15.5. The summed E-state index contributed by atoms with van der Waals surface area (Å²) in [5.74, 6) is 1.89. The van der Waals surface area contributed by atoms with E-state index in [0.29, 0.717) is 11.7 Å². The number of thioether (sulfide) groups is 1. The van der Waals surface area contributed by atoms with Gasteiger partial charge >= 0.3 is 0 Å². The number of hydrogen-bond donors (Lipinski definition) is 1. The molecule has 8 heteroatoms. The van der Waals surface area contributed by atoms with Gasteiger partial charge in [-0.2, -0.15) is 11.8 Å². The number of amides is 1. The van der Waals surface area contributed by atoms with Crippen molar-refractivity contribution in [2.75, 3.05) is 31.1 Å². The molecular weight excluding hydrogens is 382 g/mol. The lowest BCUT2D eigenvalue weighted by Crippen LogP contribution is -2.41. The standard InChI is InChI=1S/C19H25N5OS.ClH/c1-14-2-4-15(5-3-14)18-13-26-11-10-23(18)19(25)17-12-24(22-21-17)16-6-8-20-9-7-16;/h2-5,12,16,18,20H,6-11,13H2,1H3;1H. The molecule has 2 aliphatic rings. The smallest absolute Gasteiger partial charge is 0.276 e. The van der Waals surface area contributed by atoms with E-state index in [1.807, 2.05) is 27.5 Å². The van der Waals surface area contributed by atoms with Crippen LogP contribution in [0.25, 0.3) is 0 Å². The zero-order valence-corrected chi connectivity index (χ0v) is 17.1. The second-order valence-corrected chi connectivity index (χ2v) is 8.21. The third-order valence-electron chi connectivity index (χ3n) is 5.26. The number of carbonyl (C=O) groups is 1. The third kappa shape index (κ3) is 4.47. The van der Waals surface area contributed by atoms with Crippen LogP contribution in [0.3, 0.4) is 0 Å². The summed E-state index contributed by atoms with van der Waals surface area (Å²) in [7, 11) is 0. The predicted octanol–water partition coefficient (Wildman–Crippen LogP) is 2.86. The van der Waals surface area contributed by atoms with Crippen molar-refractivity contribution in [2.24, 2.45) is 0 Å². The van der Waals surface area contributed by atoms with Crippen LogP contribution < -0.4 is 5.32 Å². The monoisotopic (exact) mass is 407 g/mol. The van der Waals surface area contributed by atoms with E-state index < -0.39 is 0 Å². The Bertz CT molecular complexity index is 760. The van der Waals surface area contributed by atoms with Crippen molar-refractivity contribution < 1.29 is 4.79 Å². The fraction of sp³-hybridized carbons (Fsp3) is 0.526. The molecule has 2 aliphatic heterocycles. The molecule has 146 valence electrons. The maximum Gasteiger partial charge on any atom is 0.276 e. The number of hydrogen-bond acceptors (Lipinski definition) is 5. The Hall–Kier alpha value is -1.57. The summed E-state index contributed by atoms with van der Waals surface area (Å²) in [5, 5.41) is 11.8. The number of halogens is 1. The molecule has 1 unspecified atom stereocenters. The first kappa shape index (κ1) is 20.2. The van der Waals surface area contributed by atoms with Crippen LogP contribution in [0.4, 0.5) is 0 Å². The Kier molecular flexibility index (Phi) is 6.78. The topological polar surface area (TPSA) is 63.1 Å². The zero-order chi connectivity index (χ0) is 17.9. The molecule has 3 heterocycles. The van der Waals surface area contributed by atoms with Crippen LogP contribution in [0.5, 0.6) is 0 Å². The Labute approximate surface area is 170 Å². The average Bonchev–Trinajstić information content (AvgIpc) is 3.19. The fourth-order valence-corrected chi connectivity index (χ4v) is 4.77. The first-order valence-electron chi connectivity index (χ1n) is 9.30. The van der Waals surface area contributed by atoms with Crippen molar-refractivity contribution in [3.63, 3.8) is 0 Å². The number of piperidine rings is 1. The minimum absolute atomic E-state index is 0. The van der Waals surface area contributed by atoms with E-state index in [1.54, 1.807) is 0 Å². The molecule has 0 saturated carbocycles. The highest BCUT2D eigenvalue weighted by Gasteiger charge is 2.31. The van der Waals surface area contributed by atoms with E-state index in [-0.39, 0.29) is 24.4 Å². The van der Waals surface area contributed by atoms with Crippen LogP contribution in [0.1, 0.15) is 46.5 Å². The quantitative estimate of drug-likeness (QED) is 0.847. The maximum absolute atomic E-state index is 13.1. The molecule has 2 saturated heterocycles. The van der Waals surface area contributed by atoms with Crippen LogP contribution in [0, 0.1) is 6.92 Å². The van der Waals surface area contributed by atoms with Gasteiger partial charge in [-0.15, -0.1) is 17.5 Å². The number of aryl methyl sites for hydroxylation is 1. The molecule has 1 N–H and O–H groups in total. The highest BCUT2D eigenvalue weighted by molar-refractivity contribution is 7.99. The molecule has 0 spiro atoms. The Balaban J connectivity index is 0.00000210. The van der Waals surface area contributed by atoms with Gasteiger partial charge in [0.05, 0.1) is 18.3 Å². The van der Waals surface area contributed by atoms with Crippen molar-refractivity contribution in [3.05, 3.63) is 47.3 Å². The van der Waals surface area contributed by atoms with E-state index >= 15 is 0 Å². The number of carbonyl (C=O) groups excluding carboxylic acids is 1. The van der Waals surface area contributed by atoms with E-state index in [1.165, 1.54) is 11.1 Å². The number of rotatable bonds is 3. The van der Waals surface area contributed by atoms with Gasteiger partial charge in [-0.3, -0.25) is 4.79 Å². The van der Waals surface area contributed by atoms with Crippen molar-refractivity contribution in [2.45, 2.75) is 31.8 Å². The Morgan fingerprint density at radius 2 is 1.96 bits per heavy atom.